The summed E-state index contributed by atoms with van der Waals surface area (Å²) in [6.45, 7) is 0. The predicted octanol–water partition coefficient (Wildman–Crippen LogP) is 1.04. The van der Waals surface area contributed by atoms with E-state index in [0.29, 0.717) is 6.20 Å². The fraction of sp³-hybridized carbons (Fsp3) is 0.143. The molecule has 0 radical (unpaired) electrons. The van der Waals surface area contributed by atoms with Gasteiger partial charge in [0.05, 0.1) is 5.56 Å². The van der Waals surface area contributed by atoms with E-state index >= 15 is 0 Å². The summed E-state index contributed by atoms with van der Waals surface area (Å²) in [5.74, 6) is -1.52. The Morgan fingerprint density at radius 2 is 2.07 bits per heavy atom. The Kier molecular flexibility index (Phi) is 2.33. The topological polar surface area (TPSA) is 64.2 Å². The first kappa shape index (κ1) is 10.3. The number of carboxylic acids is 1. The molecule has 76 valence electrons. The van der Waals surface area contributed by atoms with Crippen molar-refractivity contribution in [1.82, 2.24) is 0 Å². The summed E-state index contributed by atoms with van der Waals surface area (Å²) in [4.78, 5) is 10.3. The molecule has 1 rings (SSSR count). The molecule has 14 heavy (non-hydrogen) atoms. The van der Waals surface area contributed by atoms with Crippen molar-refractivity contribution in [2.24, 2.45) is 0 Å². The summed E-state index contributed by atoms with van der Waals surface area (Å²) >= 11 is 0. The normalized spacial score (nSPS) is 11.4. The van der Waals surface area contributed by atoms with Gasteiger partial charge in [-0.25, -0.2) is 4.79 Å². The van der Waals surface area contributed by atoms with Crippen LogP contribution >= 0.6 is 0 Å². The highest BCUT2D eigenvalue weighted by atomic mass is 19.4. The van der Waals surface area contributed by atoms with Gasteiger partial charge in [-0.2, -0.15) is 17.9 Å². The second-order valence-electron chi connectivity index (χ2n) is 2.43. The van der Waals surface area contributed by atoms with Crippen molar-refractivity contribution in [3.63, 3.8) is 0 Å². The molecule has 0 aliphatic carbocycles. The lowest BCUT2D eigenvalue weighted by Crippen LogP contribution is -2.36. The molecule has 7 heteroatoms. The van der Waals surface area contributed by atoms with Gasteiger partial charge in [0.1, 0.15) is 0 Å². The molecule has 0 fully saturated rings. The van der Waals surface area contributed by atoms with Gasteiger partial charge in [0.2, 0.25) is 0 Å². The highest BCUT2D eigenvalue weighted by Gasteiger charge is 2.40. The monoisotopic (exact) mass is 207 g/mol. The second kappa shape index (κ2) is 3.17. The maximum atomic E-state index is 12.1. The fourth-order valence-corrected chi connectivity index (χ4v) is 0.827. The van der Waals surface area contributed by atoms with E-state index in [-0.39, 0.29) is 6.07 Å². The maximum absolute atomic E-state index is 12.1. The van der Waals surface area contributed by atoms with Crippen molar-refractivity contribution in [2.45, 2.75) is 6.18 Å². The number of carbonyl (C=O) groups is 1. The Morgan fingerprint density at radius 1 is 1.50 bits per heavy atom. The molecule has 1 N–H and O–H groups in total. The standard InChI is InChI=1S/C7H4F3NO3/c8-7(9,10)5-3-4(6(12)13)1-2-11(5)14/h1-3H,(H,12,13). The van der Waals surface area contributed by atoms with Crippen LogP contribution in [0.2, 0.25) is 0 Å². The third kappa shape index (κ3) is 1.93. The van der Waals surface area contributed by atoms with Gasteiger partial charge < -0.3 is 10.3 Å². The number of hydrogen-bond acceptors (Lipinski definition) is 2. The number of aromatic carboxylic acids is 1. The first-order chi connectivity index (χ1) is 6.32. The van der Waals surface area contributed by atoms with Crippen molar-refractivity contribution in [1.29, 1.82) is 0 Å². The van der Waals surface area contributed by atoms with Gasteiger partial charge in [-0.05, 0) is 0 Å². The Labute approximate surface area is 75.8 Å². The minimum atomic E-state index is -4.85. The van der Waals surface area contributed by atoms with E-state index in [1.54, 1.807) is 0 Å². The summed E-state index contributed by atoms with van der Waals surface area (Å²) in [5.41, 5.74) is -2.12. The molecular formula is C7H4F3NO3. The average Bonchev–Trinajstić information content (AvgIpc) is 2.02. The Bertz CT molecular complexity index is 375. The number of rotatable bonds is 1. The minimum Gasteiger partial charge on any atom is -0.618 e. The molecule has 0 unspecified atom stereocenters. The lowest BCUT2D eigenvalue weighted by Gasteiger charge is -2.07. The molecule has 0 aromatic carbocycles. The fourth-order valence-electron chi connectivity index (χ4n) is 0.827. The van der Waals surface area contributed by atoms with Crippen LogP contribution in [-0.4, -0.2) is 11.1 Å². The van der Waals surface area contributed by atoms with Crippen LogP contribution in [0.4, 0.5) is 13.2 Å². The van der Waals surface area contributed by atoms with Crippen molar-refractivity contribution < 1.29 is 27.8 Å². The third-order valence-electron chi connectivity index (χ3n) is 1.46. The maximum Gasteiger partial charge on any atom is 0.478 e. The molecular weight excluding hydrogens is 203 g/mol. The highest BCUT2D eigenvalue weighted by Crippen LogP contribution is 2.26. The molecule has 0 amide bonds. The van der Waals surface area contributed by atoms with E-state index in [4.69, 9.17) is 5.11 Å². The number of alkyl halides is 3. The van der Waals surface area contributed by atoms with Gasteiger partial charge in [0.25, 0.3) is 5.69 Å². The predicted molar refractivity (Wildman–Crippen MR) is 37.4 cm³/mol. The lowest BCUT2D eigenvalue weighted by atomic mass is 10.2. The number of nitrogens with zero attached hydrogens (tertiary/aromatic N) is 1. The van der Waals surface area contributed by atoms with Crippen molar-refractivity contribution in [3.05, 3.63) is 34.8 Å². The SMILES string of the molecule is O=C(O)c1cc[n+]([O-])c(C(F)(F)F)c1. The van der Waals surface area contributed by atoms with E-state index in [1.165, 1.54) is 0 Å². The van der Waals surface area contributed by atoms with E-state index in [2.05, 4.69) is 0 Å². The quantitative estimate of drug-likeness (QED) is 0.552. The molecule has 0 spiro atoms. The van der Waals surface area contributed by atoms with Crippen LogP contribution in [0.1, 0.15) is 16.1 Å². The van der Waals surface area contributed by atoms with Crippen LogP contribution in [-0.2, 0) is 6.18 Å². The van der Waals surface area contributed by atoms with Gasteiger partial charge in [-0.3, -0.25) is 0 Å². The van der Waals surface area contributed by atoms with Gasteiger partial charge in [0, 0.05) is 12.1 Å². The van der Waals surface area contributed by atoms with Crippen LogP contribution in [0.25, 0.3) is 0 Å². The molecule has 1 aromatic rings. The number of aromatic nitrogens is 1. The largest absolute Gasteiger partial charge is 0.618 e. The first-order valence-electron chi connectivity index (χ1n) is 3.36. The molecule has 0 saturated heterocycles. The molecule has 0 saturated carbocycles. The molecule has 1 heterocycles. The molecule has 0 atom stereocenters. The molecule has 4 nitrogen and oxygen atoms in total. The highest BCUT2D eigenvalue weighted by molar-refractivity contribution is 5.87. The number of pyridine rings is 1. The summed E-state index contributed by atoms with van der Waals surface area (Å²) in [6, 6.07) is 1.08. The zero-order valence-electron chi connectivity index (χ0n) is 6.58. The second-order valence-corrected chi connectivity index (χ2v) is 2.43. The van der Waals surface area contributed by atoms with Crippen LogP contribution < -0.4 is 4.73 Å². The van der Waals surface area contributed by atoms with E-state index < -0.39 is 28.1 Å². The van der Waals surface area contributed by atoms with E-state index in [0.717, 1.165) is 6.07 Å². The van der Waals surface area contributed by atoms with Crippen molar-refractivity contribution in [3.8, 4) is 0 Å². The van der Waals surface area contributed by atoms with Crippen molar-refractivity contribution in [2.75, 3.05) is 0 Å². The Morgan fingerprint density at radius 3 is 2.50 bits per heavy atom. The van der Waals surface area contributed by atoms with Crippen LogP contribution in [0.5, 0.6) is 0 Å². The summed E-state index contributed by atoms with van der Waals surface area (Å²) < 4.78 is 35.8. The van der Waals surface area contributed by atoms with Crippen LogP contribution in [0.3, 0.4) is 0 Å². The van der Waals surface area contributed by atoms with Gasteiger partial charge in [-0.1, -0.05) is 0 Å². The zero-order valence-corrected chi connectivity index (χ0v) is 6.58. The lowest BCUT2D eigenvalue weighted by molar-refractivity contribution is -0.629. The average molecular weight is 207 g/mol. The Balaban J connectivity index is 3.29. The number of halogens is 3. The van der Waals surface area contributed by atoms with Crippen LogP contribution in [0, 0.1) is 5.21 Å². The molecule has 0 aliphatic heterocycles. The van der Waals surface area contributed by atoms with Gasteiger partial charge in [-0.15, -0.1) is 0 Å². The molecule has 0 bridgehead atoms. The van der Waals surface area contributed by atoms with Gasteiger partial charge >= 0.3 is 12.1 Å². The van der Waals surface area contributed by atoms with Gasteiger partial charge in [0.15, 0.2) is 6.20 Å². The third-order valence-corrected chi connectivity index (χ3v) is 1.46. The summed E-state index contributed by atoms with van der Waals surface area (Å²) in [7, 11) is 0. The van der Waals surface area contributed by atoms with Crippen molar-refractivity contribution >= 4 is 5.97 Å². The van der Waals surface area contributed by atoms with E-state index in [9.17, 15) is 23.2 Å². The zero-order chi connectivity index (χ0) is 10.9. The van der Waals surface area contributed by atoms with E-state index in [1.807, 2.05) is 0 Å². The summed E-state index contributed by atoms with van der Waals surface area (Å²) in [5, 5.41) is 19.0. The molecule has 0 aliphatic rings. The Hall–Kier alpha value is -1.79. The smallest absolute Gasteiger partial charge is 0.478 e. The first-order valence-corrected chi connectivity index (χ1v) is 3.36. The summed E-state index contributed by atoms with van der Waals surface area (Å²) in [6.07, 6.45) is -4.35. The number of hydrogen-bond donors (Lipinski definition) is 1. The minimum absolute atomic E-state index is 0.287. The van der Waals surface area contributed by atoms with Crippen LogP contribution in [0.15, 0.2) is 18.3 Å². The number of carboxylic acid groups (broad SMARTS) is 1. The molecule has 1 aromatic heterocycles.